The van der Waals surface area contributed by atoms with Crippen molar-refractivity contribution in [3.05, 3.63) is 58.7 Å². The first kappa shape index (κ1) is 18.8. The molecular formula is C23H29N3O2. The van der Waals surface area contributed by atoms with E-state index in [2.05, 4.69) is 46.3 Å². The number of fused-ring (bicyclic) bond motifs is 2. The van der Waals surface area contributed by atoms with E-state index >= 15 is 0 Å². The van der Waals surface area contributed by atoms with Gasteiger partial charge in [0.15, 0.2) is 0 Å². The molecule has 0 bridgehead atoms. The molecule has 2 aliphatic rings. The van der Waals surface area contributed by atoms with Crippen LogP contribution in [-0.4, -0.2) is 32.8 Å². The summed E-state index contributed by atoms with van der Waals surface area (Å²) in [4.78, 5) is 11.8. The summed E-state index contributed by atoms with van der Waals surface area (Å²) < 4.78 is 5.55. The summed E-state index contributed by atoms with van der Waals surface area (Å²) in [5, 5.41) is 9.63. The van der Waals surface area contributed by atoms with E-state index in [9.17, 15) is 4.79 Å². The van der Waals surface area contributed by atoms with Crippen molar-refractivity contribution in [2.24, 2.45) is 0 Å². The highest BCUT2D eigenvalue weighted by Crippen LogP contribution is 2.38. The van der Waals surface area contributed by atoms with E-state index in [-0.39, 0.29) is 5.91 Å². The van der Waals surface area contributed by atoms with Crippen molar-refractivity contribution in [2.45, 2.75) is 38.0 Å². The smallest absolute Gasteiger partial charge is 0.254 e. The molecule has 5 nitrogen and oxygen atoms in total. The monoisotopic (exact) mass is 379 g/mol. The number of benzene rings is 2. The van der Waals surface area contributed by atoms with Crippen LogP contribution in [0, 0.1) is 0 Å². The van der Waals surface area contributed by atoms with Crippen molar-refractivity contribution < 1.29 is 9.53 Å². The molecule has 1 amide bonds. The zero-order valence-corrected chi connectivity index (χ0v) is 16.5. The highest BCUT2D eigenvalue weighted by Gasteiger charge is 2.22. The minimum absolute atomic E-state index is 0.00261. The highest BCUT2D eigenvalue weighted by atomic mass is 16.5. The summed E-state index contributed by atoms with van der Waals surface area (Å²) >= 11 is 0. The van der Waals surface area contributed by atoms with E-state index in [0.29, 0.717) is 12.6 Å². The second-order valence-electron chi connectivity index (χ2n) is 7.65. The van der Waals surface area contributed by atoms with Gasteiger partial charge < -0.3 is 20.7 Å². The van der Waals surface area contributed by atoms with Crippen LogP contribution in [0.2, 0.25) is 0 Å². The van der Waals surface area contributed by atoms with Gasteiger partial charge in [-0.05, 0) is 86.0 Å². The number of ether oxygens (including phenoxy) is 1. The van der Waals surface area contributed by atoms with Crippen molar-refractivity contribution in [3.63, 3.8) is 0 Å². The number of rotatable bonds is 7. The molecule has 0 spiro atoms. The number of carbonyl (C=O) groups is 1. The zero-order chi connectivity index (χ0) is 19.3. The predicted octanol–water partition coefficient (Wildman–Crippen LogP) is 3.45. The molecule has 148 valence electrons. The van der Waals surface area contributed by atoms with E-state index in [1.807, 2.05) is 6.07 Å². The van der Waals surface area contributed by atoms with E-state index in [1.165, 1.54) is 29.5 Å². The van der Waals surface area contributed by atoms with Crippen LogP contribution in [0.3, 0.4) is 0 Å². The lowest BCUT2D eigenvalue weighted by Crippen LogP contribution is -2.34. The van der Waals surface area contributed by atoms with Gasteiger partial charge in [0.1, 0.15) is 5.75 Å². The lowest BCUT2D eigenvalue weighted by atomic mass is 9.80. The summed E-state index contributed by atoms with van der Waals surface area (Å²) in [7, 11) is 1.77. The molecular weight excluding hydrogens is 350 g/mol. The second-order valence-corrected chi connectivity index (χ2v) is 7.65. The van der Waals surface area contributed by atoms with Gasteiger partial charge in [-0.3, -0.25) is 4.79 Å². The van der Waals surface area contributed by atoms with Gasteiger partial charge in [0.25, 0.3) is 5.91 Å². The number of carbonyl (C=O) groups excluding carboxylic acids is 1. The molecule has 5 heteroatoms. The molecule has 1 aliphatic carbocycles. The Labute approximate surface area is 166 Å². The molecule has 1 unspecified atom stereocenters. The molecule has 0 fully saturated rings. The van der Waals surface area contributed by atoms with Crippen LogP contribution in [0.4, 0.5) is 5.69 Å². The average molecular weight is 380 g/mol. The number of amides is 1. The van der Waals surface area contributed by atoms with Crippen LogP contribution in [0.1, 0.15) is 52.2 Å². The fourth-order valence-corrected chi connectivity index (χ4v) is 4.44. The molecule has 0 saturated carbocycles. The molecule has 1 heterocycles. The summed E-state index contributed by atoms with van der Waals surface area (Å²) in [6.45, 7) is 2.47. The Morgan fingerprint density at radius 1 is 1.18 bits per heavy atom. The molecule has 2 aromatic rings. The van der Waals surface area contributed by atoms with Gasteiger partial charge in [-0.1, -0.05) is 18.2 Å². The Morgan fingerprint density at radius 2 is 2.11 bits per heavy atom. The van der Waals surface area contributed by atoms with Crippen molar-refractivity contribution in [2.75, 3.05) is 32.2 Å². The number of hydrogen-bond donors (Lipinski definition) is 3. The molecule has 1 atom stereocenters. The van der Waals surface area contributed by atoms with Gasteiger partial charge in [0.05, 0.1) is 19.3 Å². The number of methoxy groups -OCH3 is 1. The van der Waals surface area contributed by atoms with Crippen molar-refractivity contribution >= 4 is 11.6 Å². The molecule has 3 N–H and O–H groups in total. The van der Waals surface area contributed by atoms with E-state index in [4.69, 9.17) is 4.74 Å². The van der Waals surface area contributed by atoms with E-state index in [0.717, 1.165) is 49.4 Å². The fraction of sp³-hybridized carbons (Fsp3) is 0.435. The van der Waals surface area contributed by atoms with Crippen LogP contribution in [0.25, 0.3) is 0 Å². The summed E-state index contributed by atoms with van der Waals surface area (Å²) in [6, 6.07) is 12.5. The fourth-order valence-electron chi connectivity index (χ4n) is 4.44. The molecule has 28 heavy (non-hydrogen) atoms. The minimum Gasteiger partial charge on any atom is -0.496 e. The van der Waals surface area contributed by atoms with Crippen LogP contribution in [0.5, 0.6) is 5.75 Å². The maximum absolute atomic E-state index is 11.8. The van der Waals surface area contributed by atoms with Crippen molar-refractivity contribution in [3.8, 4) is 5.75 Å². The molecule has 4 rings (SSSR count). The Balaban J connectivity index is 1.27. The third-order valence-electron chi connectivity index (χ3n) is 5.92. The Bertz CT molecular complexity index is 850. The van der Waals surface area contributed by atoms with Gasteiger partial charge >= 0.3 is 0 Å². The zero-order valence-electron chi connectivity index (χ0n) is 16.5. The summed E-state index contributed by atoms with van der Waals surface area (Å²) in [5.41, 5.74) is 5.81. The minimum atomic E-state index is 0.00261. The molecule has 2 aromatic carbocycles. The number of nitrogens with one attached hydrogen (secondary N) is 3. The van der Waals surface area contributed by atoms with E-state index in [1.54, 1.807) is 7.11 Å². The Morgan fingerprint density at radius 3 is 3.00 bits per heavy atom. The largest absolute Gasteiger partial charge is 0.496 e. The maximum Gasteiger partial charge on any atom is 0.254 e. The summed E-state index contributed by atoms with van der Waals surface area (Å²) in [6.07, 6.45) is 5.76. The van der Waals surface area contributed by atoms with Gasteiger partial charge in [-0.25, -0.2) is 0 Å². The molecule has 1 aliphatic heterocycles. The second kappa shape index (κ2) is 8.65. The molecule has 0 aromatic heterocycles. The quantitative estimate of drug-likeness (QED) is 0.645. The van der Waals surface area contributed by atoms with Gasteiger partial charge in [0, 0.05) is 5.69 Å². The Hall–Kier alpha value is -2.53. The normalized spacial score (nSPS) is 17.9. The predicted molar refractivity (Wildman–Crippen MR) is 112 cm³/mol. The first-order valence-corrected chi connectivity index (χ1v) is 10.3. The average Bonchev–Trinajstić information content (AvgIpc) is 2.73. The topological polar surface area (TPSA) is 62.4 Å². The van der Waals surface area contributed by atoms with Crippen molar-refractivity contribution in [1.29, 1.82) is 0 Å². The standard InChI is InChI=1S/C23H29N3O2/c1-28-22-7-3-5-18-17(4-2-6-19(18)22)11-13-24-12-10-16-8-9-20-21(14-16)25-15-26-23(20)27/h3,5,7-9,14,17,24-25H,2,4,6,10-13,15H2,1H3,(H,26,27). The maximum atomic E-state index is 11.8. The third-order valence-corrected chi connectivity index (χ3v) is 5.92. The first-order valence-electron chi connectivity index (χ1n) is 10.3. The number of hydrogen-bond acceptors (Lipinski definition) is 4. The van der Waals surface area contributed by atoms with Crippen LogP contribution in [0.15, 0.2) is 36.4 Å². The lowest BCUT2D eigenvalue weighted by molar-refractivity contribution is 0.0953. The summed E-state index contributed by atoms with van der Waals surface area (Å²) in [5.74, 6) is 1.67. The van der Waals surface area contributed by atoms with Gasteiger partial charge in [-0.2, -0.15) is 0 Å². The molecule has 0 radical (unpaired) electrons. The van der Waals surface area contributed by atoms with E-state index < -0.39 is 0 Å². The molecule has 0 saturated heterocycles. The van der Waals surface area contributed by atoms with Crippen molar-refractivity contribution in [1.82, 2.24) is 10.6 Å². The van der Waals surface area contributed by atoms with Crippen LogP contribution < -0.4 is 20.7 Å². The number of anilines is 1. The third kappa shape index (κ3) is 3.99. The Kier molecular flexibility index (Phi) is 5.81. The first-order chi connectivity index (χ1) is 13.8. The lowest BCUT2D eigenvalue weighted by Gasteiger charge is -2.27. The van der Waals surface area contributed by atoms with Crippen LogP contribution in [-0.2, 0) is 12.8 Å². The van der Waals surface area contributed by atoms with Gasteiger partial charge in [0.2, 0.25) is 0 Å². The SMILES string of the molecule is COc1cccc2c1CCCC2CCNCCc1ccc2c(c1)NCNC2=O. The van der Waals surface area contributed by atoms with Gasteiger partial charge in [-0.15, -0.1) is 0 Å². The van der Waals surface area contributed by atoms with Crippen LogP contribution >= 0.6 is 0 Å². The highest BCUT2D eigenvalue weighted by molar-refractivity contribution is 6.01.